The Labute approximate surface area is 184 Å². The maximum atomic E-state index is 12.1. The molecule has 1 amide bonds. The molecular formula is C20H13N5O8. The fraction of sp³-hybridized carbons (Fsp3) is 0. The van der Waals surface area contributed by atoms with Gasteiger partial charge in [0.1, 0.15) is 11.3 Å². The molecule has 0 saturated heterocycles. The Balaban J connectivity index is 1.68. The predicted molar refractivity (Wildman–Crippen MR) is 114 cm³/mol. The van der Waals surface area contributed by atoms with Crippen LogP contribution in [0.5, 0.6) is 11.5 Å². The smallest absolute Gasteiger partial charge is 0.318 e. The number of amides is 1. The van der Waals surface area contributed by atoms with Gasteiger partial charge < -0.3 is 4.74 Å². The molecule has 3 aromatic rings. The van der Waals surface area contributed by atoms with Crippen molar-refractivity contribution in [3.05, 3.63) is 108 Å². The highest BCUT2D eigenvalue weighted by atomic mass is 16.6. The zero-order chi connectivity index (χ0) is 24.0. The minimum Gasteiger partial charge on any atom is -0.450 e. The lowest BCUT2D eigenvalue weighted by atomic mass is 10.2. The molecule has 0 aromatic heterocycles. The van der Waals surface area contributed by atoms with E-state index in [2.05, 4.69) is 10.5 Å². The number of benzene rings is 3. The number of hydrazone groups is 1. The summed E-state index contributed by atoms with van der Waals surface area (Å²) in [6.45, 7) is 0. The third-order valence-electron chi connectivity index (χ3n) is 4.18. The quantitative estimate of drug-likeness (QED) is 0.303. The van der Waals surface area contributed by atoms with Crippen molar-refractivity contribution in [2.45, 2.75) is 0 Å². The maximum Gasteiger partial charge on any atom is 0.318 e. The van der Waals surface area contributed by atoms with Crippen molar-refractivity contribution in [3.8, 4) is 11.5 Å². The van der Waals surface area contributed by atoms with Crippen molar-refractivity contribution in [2.24, 2.45) is 5.10 Å². The van der Waals surface area contributed by atoms with Crippen LogP contribution in [0, 0.1) is 30.3 Å². The average Bonchev–Trinajstić information content (AvgIpc) is 2.80. The highest BCUT2D eigenvalue weighted by Crippen LogP contribution is 2.34. The van der Waals surface area contributed by atoms with E-state index in [1.54, 1.807) is 0 Å². The van der Waals surface area contributed by atoms with Crippen molar-refractivity contribution in [3.63, 3.8) is 0 Å². The first kappa shape index (κ1) is 22.5. The van der Waals surface area contributed by atoms with Crippen LogP contribution < -0.4 is 10.2 Å². The van der Waals surface area contributed by atoms with Gasteiger partial charge in [0.2, 0.25) is 5.75 Å². The summed E-state index contributed by atoms with van der Waals surface area (Å²) in [6, 6.07) is 14.4. The van der Waals surface area contributed by atoms with Crippen molar-refractivity contribution in [2.75, 3.05) is 0 Å². The molecule has 0 bridgehead atoms. The van der Waals surface area contributed by atoms with E-state index in [-0.39, 0.29) is 22.7 Å². The second-order valence-electron chi connectivity index (χ2n) is 6.31. The molecule has 0 aliphatic rings. The number of nitrogens with one attached hydrogen (secondary N) is 1. The van der Waals surface area contributed by atoms with Gasteiger partial charge in [-0.2, -0.15) is 5.10 Å². The maximum absolute atomic E-state index is 12.1. The molecule has 13 nitrogen and oxygen atoms in total. The van der Waals surface area contributed by atoms with Gasteiger partial charge >= 0.3 is 5.69 Å². The molecule has 166 valence electrons. The zero-order valence-electron chi connectivity index (χ0n) is 16.5. The largest absolute Gasteiger partial charge is 0.450 e. The van der Waals surface area contributed by atoms with Crippen LogP contribution in [-0.2, 0) is 0 Å². The van der Waals surface area contributed by atoms with E-state index in [9.17, 15) is 35.1 Å². The minimum absolute atomic E-state index is 0.145. The van der Waals surface area contributed by atoms with E-state index in [1.165, 1.54) is 54.7 Å². The Morgan fingerprint density at radius 1 is 0.848 bits per heavy atom. The number of rotatable bonds is 8. The first-order valence-corrected chi connectivity index (χ1v) is 9.04. The number of hydrogen-bond acceptors (Lipinski definition) is 9. The van der Waals surface area contributed by atoms with Crippen LogP contribution in [0.4, 0.5) is 17.1 Å². The minimum atomic E-state index is -0.789. The van der Waals surface area contributed by atoms with Crippen LogP contribution in [0.1, 0.15) is 15.9 Å². The summed E-state index contributed by atoms with van der Waals surface area (Å²) in [5.41, 5.74) is 1.21. The average molecular weight is 451 g/mol. The topological polar surface area (TPSA) is 180 Å². The van der Waals surface area contributed by atoms with Gasteiger partial charge in [0.05, 0.1) is 27.1 Å². The number of para-hydroxylation sites is 1. The summed E-state index contributed by atoms with van der Waals surface area (Å²) in [4.78, 5) is 42.9. The molecule has 0 aliphatic carbocycles. The monoisotopic (exact) mass is 451 g/mol. The molecular weight excluding hydrogens is 438 g/mol. The molecule has 3 aromatic carbocycles. The van der Waals surface area contributed by atoms with Crippen molar-refractivity contribution < 1.29 is 24.3 Å². The SMILES string of the molecule is O=C(N/N=C\c1ccc(Oc2ccc([N+](=O)[O-])cc2[N+](=O)[O-])cc1)c1ccccc1[N+](=O)[O-]. The van der Waals surface area contributed by atoms with E-state index < -0.39 is 32.1 Å². The number of non-ortho nitro benzene ring substituents is 1. The third kappa shape index (κ3) is 5.49. The molecule has 0 heterocycles. The van der Waals surface area contributed by atoms with Crippen LogP contribution in [-0.4, -0.2) is 26.9 Å². The Bertz CT molecular complexity index is 1270. The van der Waals surface area contributed by atoms with E-state index in [1.807, 2.05) is 0 Å². The fourth-order valence-electron chi connectivity index (χ4n) is 2.65. The Kier molecular flexibility index (Phi) is 6.64. The van der Waals surface area contributed by atoms with Crippen molar-refractivity contribution in [1.29, 1.82) is 0 Å². The molecule has 0 unspecified atom stereocenters. The van der Waals surface area contributed by atoms with E-state index in [4.69, 9.17) is 4.74 Å². The van der Waals surface area contributed by atoms with E-state index in [0.29, 0.717) is 5.56 Å². The standard InChI is InChI=1S/C20H13N5O8/c26-20(16-3-1-2-4-17(16)24(29)30)22-21-12-13-5-8-15(9-6-13)33-19-10-7-14(23(27)28)11-18(19)25(31)32/h1-12H,(H,22,26)/b21-12-. The van der Waals surface area contributed by atoms with Gasteiger partial charge in [-0.1, -0.05) is 12.1 Å². The van der Waals surface area contributed by atoms with Gasteiger partial charge in [-0.25, -0.2) is 5.43 Å². The summed E-state index contributed by atoms with van der Waals surface area (Å²) >= 11 is 0. The number of nitro groups is 3. The highest BCUT2D eigenvalue weighted by molar-refractivity contribution is 5.98. The molecule has 0 aliphatic heterocycles. The normalized spacial score (nSPS) is 10.5. The summed E-state index contributed by atoms with van der Waals surface area (Å²) < 4.78 is 5.45. The van der Waals surface area contributed by atoms with Gasteiger partial charge in [0.15, 0.2) is 0 Å². The van der Waals surface area contributed by atoms with Crippen molar-refractivity contribution >= 4 is 29.2 Å². The summed E-state index contributed by atoms with van der Waals surface area (Å²) in [5.74, 6) is -0.722. The van der Waals surface area contributed by atoms with Crippen molar-refractivity contribution in [1.82, 2.24) is 5.43 Å². The molecule has 33 heavy (non-hydrogen) atoms. The van der Waals surface area contributed by atoms with Gasteiger partial charge in [-0.15, -0.1) is 0 Å². The van der Waals surface area contributed by atoms with Crippen LogP contribution in [0.3, 0.4) is 0 Å². The lowest BCUT2D eigenvalue weighted by Crippen LogP contribution is -2.18. The second-order valence-corrected chi connectivity index (χ2v) is 6.31. The van der Waals surface area contributed by atoms with E-state index in [0.717, 1.165) is 18.2 Å². The Hall–Kier alpha value is -5.20. The van der Waals surface area contributed by atoms with Gasteiger partial charge in [0.25, 0.3) is 17.3 Å². The number of carbonyl (C=O) groups is 1. The summed E-state index contributed by atoms with van der Waals surface area (Å²) in [5, 5.41) is 36.8. The molecule has 0 atom stereocenters. The highest BCUT2D eigenvalue weighted by Gasteiger charge is 2.21. The first-order valence-electron chi connectivity index (χ1n) is 9.04. The molecule has 1 N–H and O–H groups in total. The number of ether oxygens (including phenoxy) is 1. The molecule has 0 spiro atoms. The summed E-state index contributed by atoms with van der Waals surface area (Å²) in [7, 11) is 0. The zero-order valence-corrected chi connectivity index (χ0v) is 16.5. The van der Waals surface area contributed by atoms with Crippen LogP contribution in [0.2, 0.25) is 0 Å². The lowest BCUT2D eigenvalue weighted by molar-refractivity contribution is -0.394. The number of nitro benzene ring substituents is 3. The Morgan fingerprint density at radius 3 is 2.15 bits per heavy atom. The van der Waals surface area contributed by atoms with Gasteiger partial charge in [-0.05, 0) is 42.0 Å². The second kappa shape index (κ2) is 9.74. The third-order valence-corrected chi connectivity index (χ3v) is 4.18. The Morgan fingerprint density at radius 2 is 1.52 bits per heavy atom. The predicted octanol–water partition coefficient (Wildman–Crippen LogP) is 3.97. The van der Waals surface area contributed by atoms with Gasteiger partial charge in [0, 0.05) is 12.1 Å². The van der Waals surface area contributed by atoms with E-state index >= 15 is 0 Å². The molecule has 3 rings (SSSR count). The number of nitrogens with zero attached hydrogens (tertiary/aromatic N) is 4. The van der Waals surface area contributed by atoms with Gasteiger partial charge in [-0.3, -0.25) is 35.1 Å². The lowest BCUT2D eigenvalue weighted by Gasteiger charge is -2.06. The molecule has 0 fully saturated rings. The molecule has 0 saturated carbocycles. The first-order chi connectivity index (χ1) is 15.8. The van der Waals surface area contributed by atoms with Crippen LogP contribution in [0.15, 0.2) is 71.8 Å². The molecule has 13 heteroatoms. The summed E-state index contributed by atoms with van der Waals surface area (Å²) in [6.07, 6.45) is 1.28. The fourth-order valence-corrected chi connectivity index (χ4v) is 2.65. The number of carbonyl (C=O) groups excluding carboxylic acids is 1. The van der Waals surface area contributed by atoms with Crippen LogP contribution >= 0.6 is 0 Å². The van der Waals surface area contributed by atoms with Crippen LogP contribution in [0.25, 0.3) is 0 Å². The molecule has 0 radical (unpaired) electrons. The number of hydrogen-bond donors (Lipinski definition) is 1.